The van der Waals surface area contributed by atoms with Crippen molar-refractivity contribution in [2.75, 3.05) is 0 Å². The van der Waals surface area contributed by atoms with Crippen molar-refractivity contribution in [3.63, 3.8) is 0 Å². The maximum Gasteiger partial charge on any atom is 0.405 e. The third-order valence-electron chi connectivity index (χ3n) is 2.80. The number of carbonyl (C=O) groups excluding carboxylic acids is 1. The largest absolute Gasteiger partial charge is 0.443 e. The first-order valence-corrected chi connectivity index (χ1v) is 4.78. The second-order valence-corrected chi connectivity index (χ2v) is 4.23. The molecule has 0 fully saturated rings. The fourth-order valence-corrected chi connectivity index (χ4v) is 1.43. The molecule has 2 unspecified atom stereocenters. The fraction of sp³-hybridized carbons (Fsp3) is 0.800. The van der Waals surface area contributed by atoms with Gasteiger partial charge in [-0.2, -0.15) is 0 Å². The Bertz CT molecular complexity index is 214. The molecule has 0 aliphatic heterocycles. The summed E-state index contributed by atoms with van der Waals surface area (Å²) in [6.45, 7) is 7.70. The van der Waals surface area contributed by atoms with Gasteiger partial charge in [0.2, 0.25) is 0 Å². The average Bonchev–Trinajstić information content (AvgIpc) is 2.01. The third-order valence-corrected chi connectivity index (χ3v) is 2.80. The number of amides is 1. The van der Waals surface area contributed by atoms with Crippen LogP contribution in [0.3, 0.4) is 0 Å². The quantitative estimate of drug-likeness (QED) is 0.667. The smallest absolute Gasteiger partial charge is 0.405 e. The standard InChI is InChI=1S/C10H20N2O2/c1-7(5-6-11)8(2)10(3,4)14-9(12)13/h6-8,11H,5H2,1-4H3,(H2,12,13). The summed E-state index contributed by atoms with van der Waals surface area (Å²) in [7, 11) is 0. The minimum Gasteiger partial charge on any atom is -0.443 e. The number of nitrogens with one attached hydrogen (secondary N) is 1. The van der Waals surface area contributed by atoms with Crippen LogP contribution in [-0.2, 0) is 4.74 Å². The monoisotopic (exact) mass is 200 g/mol. The van der Waals surface area contributed by atoms with Gasteiger partial charge in [-0.1, -0.05) is 13.8 Å². The van der Waals surface area contributed by atoms with Crippen LogP contribution >= 0.6 is 0 Å². The average molecular weight is 200 g/mol. The minimum atomic E-state index is -0.746. The highest BCUT2D eigenvalue weighted by Gasteiger charge is 2.32. The molecular formula is C10H20N2O2. The summed E-state index contributed by atoms with van der Waals surface area (Å²) in [4.78, 5) is 10.7. The number of hydrogen-bond donors (Lipinski definition) is 2. The van der Waals surface area contributed by atoms with Gasteiger partial charge in [-0.15, -0.1) is 0 Å². The van der Waals surface area contributed by atoms with Crippen molar-refractivity contribution in [3.8, 4) is 0 Å². The topological polar surface area (TPSA) is 76.2 Å². The number of carbonyl (C=O) groups is 1. The van der Waals surface area contributed by atoms with Gasteiger partial charge in [0.25, 0.3) is 0 Å². The second kappa shape index (κ2) is 4.98. The van der Waals surface area contributed by atoms with E-state index >= 15 is 0 Å². The summed E-state index contributed by atoms with van der Waals surface area (Å²) in [6, 6.07) is 0. The Kier molecular flexibility index (Phi) is 4.60. The Hall–Kier alpha value is -1.06. The van der Waals surface area contributed by atoms with E-state index < -0.39 is 11.7 Å². The van der Waals surface area contributed by atoms with Crippen LogP contribution in [-0.4, -0.2) is 17.9 Å². The molecule has 14 heavy (non-hydrogen) atoms. The highest BCUT2D eigenvalue weighted by atomic mass is 16.6. The van der Waals surface area contributed by atoms with Crippen molar-refractivity contribution >= 4 is 12.3 Å². The van der Waals surface area contributed by atoms with E-state index in [0.717, 1.165) is 0 Å². The van der Waals surface area contributed by atoms with E-state index in [1.807, 2.05) is 27.7 Å². The molecule has 0 radical (unpaired) electrons. The first kappa shape index (κ1) is 12.9. The molecule has 0 bridgehead atoms. The SMILES string of the molecule is CC(CC=N)C(C)C(C)(C)OC(N)=O. The van der Waals surface area contributed by atoms with E-state index in [-0.39, 0.29) is 5.92 Å². The minimum absolute atomic E-state index is 0.164. The van der Waals surface area contributed by atoms with Crippen molar-refractivity contribution in [1.29, 1.82) is 5.41 Å². The summed E-state index contributed by atoms with van der Waals surface area (Å²) < 4.78 is 5.03. The van der Waals surface area contributed by atoms with Crippen molar-refractivity contribution in [2.45, 2.75) is 39.7 Å². The summed E-state index contributed by atoms with van der Waals surface area (Å²) in [6.07, 6.45) is 1.32. The maximum atomic E-state index is 10.7. The molecule has 0 aromatic rings. The molecule has 0 heterocycles. The highest BCUT2D eigenvalue weighted by Crippen LogP contribution is 2.29. The second-order valence-electron chi connectivity index (χ2n) is 4.23. The van der Waals surface area contributed by atoms with E-state index in [0.29, 0.717) is 12.3 Å². The normalized spacial score (nSPS) is 15.7. The van der Waals surface area contributed by atoms with Crippen LogP contribution in [0.1, 0.15) is 34.1 Å². The molecule has 0 spiro atoms. The molecule has 0 aromatic heterocycles. The van der Waals surface area contributed by atoms with Crippen LogP contribution in [0.2, 0.25) is 0 Å². The number of hydrogen-bond acceptors (Lipinski definition) is 3. The fourth-order valence-electron chi connectivity index (χ4n) is 1.43. The summed E-state index contributed by atoms with van der Waals surface area (Å²) >= 11 is 0. The van der Waals surface area contributed by atoms with E-state index in [4.69, 9.17) is 15.9 Å². The van der Waals surface area contributed by atoms with Gasteiger partial charge in [-0.3, -0.25) is 0 Å². The molecular weight excluding hydrogens is 180 g/mol. The van der Waals surface area contributed by atoms with Gasteiger partial charge >= 0.3 is 6.09 Å². The Morgan fingerprint density at radius 2 is 2.07 bits per heavy atom. The lowest BCUT2D eigenvalue weighted by Gasteiger charge is -2.34. The van der Waals surface area contributed by atoms with Crippen molar-refractivity contribution in [2.24, 2.45) is 17.6 Å². The van der Waals surface area contributed by atoms with Gasteiger partial charge in [-0.25, -0.2) is 4.79 Å². The summed E-state index contributed by atoms with van der Waals surface area (Å²) in [5.41, 5.74) is 4.41. The first-order valence-electron chi connectivity index (χ1n) is 4.78. The van der Waals surface area contributed by atoms with Crippen LogP contribution in [0.4, 0.5) is 4.79 Å². The lowest BCUT2D eigenvalue weighted by atomic mass is 9.81. The molecule has 0 rings (SSSR count). The predicted molar refractivity (Wildman–Crippen MR) is 56.5 cm³/mol. The molecule has 0 aliphatic rings. The first-order chi connectivity index (χ1) is 6.31. The number of nitrogens with two attached hydrogens (primary N) is 1. The Balaban J connectivity index is 4.39. The number of ether oxygens (including phenoxy) is 1. The molecule has 82 valence electrons. The number of primary amides is 1. The van der Waals surface area contributed by atoms with Crippen LogP contribution in [0.15, 0.2) is 0 Å². The summed E-state index contributed by atoms with van der Waals surface area (Å²) in [5, 5.41) is 7.02. The van der Waals surface area contributed by atoms with Crippen molar-refractivity contribution in [1.82, 2.24) is 0 Å². The highest BCUT2D eigenvalue weighted by molar-refractivity contribution is 5.65. The molecule has 3 N–H and O–H groups in total. The number of rotatable bonds is 5. The molecule has 0 saturated heterocycles. The molecule has 0 aromatic carbocycles. The Morgan fingerprint density at radius 3 is 2.43 bits per heavy atom. The lowest BCUT2D eigenvalue weighted by molar-refractivity contribution is -0.0120. The zero-order valence-corrected chi connectivity index (χ0v) is 9.33. The van der Waals surface area contributed by atoms with Crippen LogP contribution < -0.4 is 5.73 Å². The van der Waals surface area contributed by atoms with Crippen molar-refractivity contribution < 1.29 is 9.53 Å². The van der Waals surface area contributed by atoms with E-state index in [1.54, 1.807) is 0 Å². The molecule has 4 heteroatoms. The van der Waals surface area contributed by atoms with E-state index in [9.17, 15) is 4.79 Å². The molecule has 4 nitrogen and oxygen atoms in total. The van der Waals surface area contributed by atoms with Gasteiger partial charge in [0.05, 0.1) is 0 Å². The third kappa shape index (κ3) is 3.77. The zero-order chi connectivity index (χ0) is 11.4. The Labute approximate surface area is 85.3 Å². The van der Waals surface area contributed by atoms with Crippen LogP contribution in [0.25, 0.3) is 0 Å². The van der Waals surface area contributed by atoms with E-state index in [1.165, 1.54) is 6.21 Å². The molecule has 2 atom stereocenters. The van der Waals surface area contributed by atoms with Crippen molar-refractivity contribution in [3.05, 3.63) is 0 Å². The van der Waals surface area contributed by atoms with Gasteiger partial charge in [0.15, 0.2) is 0 Å². The maximum absolute atomic E-state index is 10.7. The zero-order valence-electron chi connectivity index (χ0n) is 9.33. The predicted octanol–water partition coefficient (Wildman–Crippen LogP) is 2.17. The van der Waals surface area contributed by atoms with Gasteiger partial charge in [0.1, 0.15) is 5.60 Å². The van der Waals surface area contributed by atoms with Crippen LogP contribution in [0.5, 0.6) is 0 Å². The van der Waals surface area contributed by atoms with E-state index in [2.05, 4.69) is 0 Å². The molecule has 0 saturated carbocycles. The van der Waals surface area contributed by atoms with Gasteiger partial charge in [0, 0.05) is 0 Å². The Morgan fingerprint density at radius 1 is 1.57 bits per heavy atom. The molecule has 0 aliphatic carbocycles. The molecule has 1 amide bonds. The summed E-state index contributed by atoms with van der Waals surface area (Å²) in [5.74, 6) is 0.457. The van der Waals surface area contributed by atoms with Crippen LogP contribution in [0, 0.1) is 17.2 Å². The lowest BCUT2D eigenvalue weighted by Crippen LogP contribution is -2.40. The van der Waals surface area contributed by atoms with Gasteiger partial charge < -0.3 is 15.9 Å². The van der Waals surface area contributed by atoms with Gasteiger partial charge in [-0.05, 0) is 38.3 Å².